The highest BCUT2D eigenvalue weighted by atomic mass is 32.2. The van der Waals surface area contributed by atoms with E-state index in [-0.39, 0.29) is 0 Å². The summed E-state index contributed by atoms with van der Waals surface area (Å²) >= 11 is 1.98. The van der Waals surface area contributed by atoms with Gasteiger partial charge in [0, 0.05) is 0 Å². The molecule has 0 aliphatic rings. The fourth-order valence-electron chi connectivity index (χ4n) is 1.85. The van der Waals surface area contributed by atoms with Gasteiger partial charge < -0.3 is 4.43 Å². The Bertz CT molecular complexity index is 168. The summed E-state index contributed by atoms with van der Waals surface area (Å²) in [4.78, 5) is 0. The van der Waals surface area contributed by atoms with Crippen molar-refractivity contribution >= 4 is 20.1 Å². The van der Waals surface area contributed by atoms with Gasteiger partial charge in [0.2, 0.25) is 0 Å². The molecule has 0 rings (SSSR count). The summed E-state index contributed by atoms with van der Waals surface area (Å²) in [6, 6.07) is 0. The van der Waals surface area contributed by atoms with Gasteiger partial charge in [-0.05, 0) is 31.8 Å². The van der Waals surface area contributed by atoms with Crippen LogP contribution < -0.4 is 0 Å². The Morgan fingerprint density at radius 1 is 0.941 bits per heavy atom. The van der Waals surface area contributed by atoms with Gasteiger partial charge in [-0.3, -0.25) is 0 Å². The van der Waals surface area contributed by atoms with Gasteiger partial charge in [0.15, 0.2) is 8.32 Å². The van der Waals surface area contributed by atoms with Gasteiger partial charge in [-0.15, -0.1) is 11.8 Å². The molecule has 17 heavy (non-hydrogen) atoms. The molecule has 0 aliphatic carbocycles. The van der Waals surface area contributed by atoms with Crippen molar-refractivity contribution in [3.05, 3.63) is 0 Å². The highest BCUT2D eigenvalue weighted by molar-refractivity contribution is 7.99. The van der Waals surface area contributed by atoms with Gasteiger partial charge in [0.05, 0.1) is 5.44 Å². The van der Waals surface area contributed by atoms with Crippen LogP contribution in [0.1, 0.15) is 58.8 Å². The maximum atomic E-state index is 6.21. The van der Waals surface area contributed by atoms with Crippen LogP contribution in [-0.4, -0.2) is 19.5 Å². The van der Waals surface area contributed by atoms with E-state index in [1.165, 1.54) is 50.7 Å². The molecule has 0 N–H and O–H groups in total. The van der Waals surface area contributed by atoms with Crippen molar-refractivity contribution in [1.82, 2.24) is 0 Å². The van der Waals surface area contributed by atoms with E-state index >= 15 is 0 Å². The standard InChI is InChI=1S/C14H32OSSi/c1-6-8-9-10-11-12-13-14(16-7-2)15-17(3,4)5/h14H,6-13H2,1-5H3. The summed E-state index contributed by atoms with van der Waals surface area (Å²) in [7, 11) is -1.36. The van der Waals surface area contributed by atoms with Crippen molar-refractivity contribution in [1.29, 1.82) is 0 Å². The molecule has 1 unspecified atom stereocenters. The maximum Gasteiger partial charge on any atom is 0.185 e. The van der Waals surface area contributed by atoms with E-state index in [2.05, 4.69) is 33.5 Å². The molecule has 0 amide bonds. The summed E-state index contributed by atoms with van der Waals surface area (Å²) in [6.07, 6.45) is 9.53. The lowest BCUT2D eigenvalue weighted by atomic mass is 10.1. The normalized spacial score (nSPS) is 13.9. The molecule has 0 heterocycles. The number of thioether (sulfide) groups is 1. The number of unbranched alkanes of at least 4 members (excludes halogenated alkanes) is 5. The first-order valence-electron chi connectivity index (χ1n) is 7.29. The molecule has 0 saturated carbocycles. The minimum atomic E-state index is -1.36. The zero-order chi connectivity index (χ0) is 13.1. The Labute approximate surface area is 114 Å². The van der Waals surface area contributed by atoms with Crippen molar-refractivity contribution in [2.75, 3.05) is 5.75 Å². The number of hydrogen-bond donors (Lipinski definition) is 0. The quantitative estimate of drug-likeness (QED) is 0.273. The second-order valence-electron chi connectivity index (χ2n) is 5.67. The molecule has 0 aromatic rings. The van der Waals surface area contributed by atoms with Crippen LogP contribution in [0.25, 0.3) is 0 Å². The summed E-state index contributed by atoms with van der Waals surface area (Å²) in [6.45, 7) is 11.4. The molecule has 0 aromatic carbocycles. The average molecular weight is 277 g/mol. The van der Waals surface area contributed by atoms with Crippen LogP contribution in [0.2, 0.25) is 19.6 Å². The van der Waals surface area contributed by atoms with Crippen LogP contribution in [-0.2, 0) is 4.43 Å². The second-order valence-corrected chi connectivity index (χ2v) is 11.6. The van der Waals surface area contributed by atoms with Crippen molar-refractivity contribution in [2.24, 2.45) is 0 Å². The number of hydrogen-bond acceptors (Lipinski definition) is 2. The van der Waals surface area contributed by atoms with Crippen LogP contribution in [0.15, 0.2) is 0 Å². The van der Waals surface area contributed by atoms with Crippen LogP contribution in [0.4, 0.5) is 0 Å². The maximum absolute atomic E-state index is 6.21. The number of rotatable bonds is 11. The van der Waals surface area contributed by atoms with E-state index in [1.807, 2.05) is 11.8 Å². The highest BCUT2D eigenvalue weighted by Gasteiger charge is 2.20. The lowest BCUT2D eigenvalue weighted by molar-refractivity contribution is 0.265. The molecular weight excluding hydrogens is 244 g/mol. The van der Waals surface area contributed by atoms with Gasteiger partial charge in [0.25, 0.3) is 0 Å². The molecule has 0 aromatic heterocycles. The predicted octanol–water partition coefficient (Wildman–Crippen LogP) is 5.67. The molecule has 0 aliphatic heterocycles. The zero-order valence-corrected chi connectivity index (χ0v) is 14.4. The Morgan fingerprint density at radius 2 is 1.53 bits per heavy atom. The Kier molecular flexibility index (Phi) is 10.8. The van der Waals surface area contributed by atoms with Crippen molar-refractivity contribution in [2.45, 2.75) is 83.9 Å². The van der Waals surface area contributed by atoms with E-state index in [0.717, 1.165) is 0 Å². The molecule has 0 fully saturated rings. The third-order valence-corrected chi connectivity index (χ3v) is 4.83. The molecule has 1 atom stereocenters. The zero-order valence-electron chi connectivity index (χ0n) is 12.6. The third kappa shape index (κ3) is 12.8. The van der Waals surface area contributed by atoms with Crippen molar-refractivity contribution in [3.63, 3.8) is 0 Å². The minimum absolute atomic E-state index is 0.456. The van der Waals surface area contributed by atoms with Gasteiger partial charge in [-0.1, -0.05) is 52.4 Å². The lowest BCUT2D eigenvalue weighted by Gasteiger charge is -2.25. The summed E-state index contributed by atoms with van der Waals surface area (Å²) in [5.74, 6) is 1.17. The van der Waals surface area contributed by atoms with Gasteiger partial charge in [0.1, 0.15) is 0 Å². The van der Waals surface area contributed by atoms with Crippen LogP contribution in [0.5, 0.6) is 0 Å². The molecule has 0 spiro atoms. The third-order valence-electron chi connectivity index (χ3n) is 2.63. The van der Waals surface area contributed by atoms with Gasteiger partial charge >= 0.3 is 0 Å². The van der Waals surface area contributed by atoms with E-state index in [9.17, 15) is 0 Å². The highest BCUT2D eigenvalue weighted by Crippen LogP contribution is 2.23. The molecule has 1 nitrogen and oxygen atoms in total. The summed E-state index contributed by atoms with van der Waals surface area (Å²) in [5.41, 5.74) is 0.456. The first-order valence-corrected chi connectivity index (χ1v) is 11.7. The van der Waals surface area contributed by atoms with E-state index in [0.29, 0.717) is 5.44 Å². The van der Waals surface area contributed by atoms with Gasteiger partial charge in [-0.2, -0.15) is 0 Å². The van der Waals surface area contributed by atoms with Crippen LogP contribution in [0, 0.1) is 0 Å². The van der Waals surface area contributed by atoms with Crippen LogP contribution >= 0.6 is 11.8 Å². The largest absolute Gasteiger partial charge is 0.406 e. The Morgan fingerprint density at radius 3 is 2.06 bits per heavy atom. The molecule has 0 radical (unpaired) electrons. The first kappa shape index (κ1) is 17.5. The Hall–Kier alpha value is 0.527. The van der Waals surface area contributed by atoms with Crippen LogP contribution in [0.3, 0.4) is 0 Å². The monoisotopic (exact) mass is 276 g/mol. The summed E-state index contributed by atoms with van der Waals surface area (Å²) < 4.78 is 6.21. The molecule has 104 valence electrons. The topological polar surface area (TPSA) is 9.23 Å². The molecule has 3 heteroatoms. The van der Waals surface area contributed by atoms with Gasteiger partial charge in [-0.25, -0.2) is 0 Å². The second kappa shape index (κ2) is 10.4. The molecule has 0 saturated heterocycles. The van der Waals surface area contributed by atoms with Crippen molar-refractivity contribution in [3.8, 4) is 0 Å². The summed E-state index contributed by atoms with van der Waals surface area (Å²) in [5, 5.41) is 0. The van der Waals surface area contributed by atoms with Crippen molar-refractivity contribution < 1.29 is 4.43 Å². The van der Waals surface area contributed by atoms with E-state index in [4.69, 9.17) is 4.43 Å². The smallest absolute Gasteiger partial charge is 0.185 e. The Balaban J connectivity index is 3.63. The first-order chi connectivity index (χ1) is 7.99. The fraction of sp³-hybridized carbons (Fsp3) is 1.00. The van der Waals surface area contributed by atoms with E-state index in [1.54, 1.807) is 0 Å². The fourth-order valence-corrected chi connectivity index (χ4v) is 4.60. The predicted molar refractivity (Wildman–Crippen MR) is 84.3 cm³/mol. The van der Waals surface area contributed by atoms with E-state index < -0.39 is 8.32 Å². The average Bonchev–Trinajstić information content (AvgIpc) is 2.21. The molecule has 0 bridgehead atoms. The SMILES string of the molecule is CCCCCCCCC(O[Si](C)(C)C)SCC. The lowest BCUT2D eigenvalue weighted by Crippen LogP contribution is -2.30. The minimum Gasteiger partial charge on any atom is -0.406 e. The molecular formula is C14H32OSSi.